The van der Waals surface area contributed by atoms with E-state index in [1.54, 1.807) is 48.5 Å². The Labute approximate surface area is 226 Å². The number of aromatic nitrogens is 2. The van der Waals surface area contributed by atoms with Gasteiger partial charge in [0, 0.05) is 29.4 Å². The fourth-order valence-electron chi connectivity index (χ4n) is 4.59. The molecule has 0 saturated carbocycles. The number of rotatable bonds is 10. The summed E-state index contributed by atoms with van der Waals surface area (Å²) in [5.74, 6) is -0.490. The van der Waals surface area contributed by atoms with Gasteiger partial charge in [-0.3, -0.25) is 4.79 Å². The molecule has 5 aromatic rings. The van der Waals surface area contributed by atoms with Crippen LogP contribution in [-0.2, 0) is 17.8 Å². The average Bonchev–Trinajstić information content (AvgIpc) is 3.28. The van der Waals surface area contributed by atoms with Gasteiger partial charge >= 0.3 is 5.97 Å². The molecule has 0 aliphatic rings. The van der Waals surface area contributed by atoms with Gasteiger partial charge in [0.1, 0.15) is 24.0 Å². The number of nitrogens with zero attached hydrogens (tertiary/aromatic N) is 2. The van der Waals surface area contributed by atoms with Crippen LogP contribution in [0, 0.1) is 13.8 Å². The molecule has 5 rings (SSSR count). The zero-order valence-corrected chi connectivity index (χ0v) is 21.8. The molecule has 0 aliphatic heterocycles. The van der Waals surface area contributed by atoms with Gasteiger partial charge in [-0.2, -0.15) is 0 Å². The number of carboxylic acids is 1. The van der Waals surface area contributed by atoms with E-state index in [0.29, 0.717) is 29.2 Å². The summed E-state index contributed by atoms with van der Waals surface area (Å²) in [5.41, 5.74) is 6.21. The highest BCUT2D eigenvalue weighted by Gasteiger charge is 2.21. The van der Waals surface area contributed by atoms with Crippen molar-refractivity contribution in [1.29, 1.82) is 0 Å². The number of anilines is 1. The van der Waals surface area contributed by atoms with Crippen LogP contribution in [0.15, 0.2) is 97.2 Å². The normalized spacial score (nSPS) is 11.7. The lowest BCUT2D eigenvalue weighted by Crippen LogP contribution is -2.32. The number of ether oxygens (including phenoxy) is 1. The molecule has 196 valence electrons. The van der Waals surface area contributed by atoms with Gasteiger partial charge in [0.25, 0.3) is 0 Å². The fourth-order valence-corrected chi connectivity index (χ4v) is 4.59. The Kier molecular flexibility index (Phi) is 7.41. The van der Waals surface area contributed by atoms with Crippen molar-refractivity contribution in [3.05, 3.63) is 131 Å². The second kappa shape index (κ2) is 11.2. The molecule has 7 nitrogen and oxygen atoms in total. The highest BCUT2D eigenvalue weighted by Crippen LogP contribution is 2.23. The Morgan fingerprint density at radius 1 is 0.923 bits per heavy atom. The molecular formula is C32H29N3O4. The van der Waals surface area contributed by atoms with E-state index in [1.807, 2.05) is 66.9 Å². The van der Waals surface area contributed by atoms with Crippen LogP contribution in [0.1, 0.15) is 38.4 Å². The number of hydrogen-bond donors (Lipinski definition) is 2. The number of fused-ring (bicyclic) bond motifs is 1. The van der Waals surface area contributed by atoms with Crippen LogP contribution in [0.3, 0.4) is 0 Å². The van der Waals surface area contributed by atoms with Gasteiger partial charge in [0.05, 0.1) is 11.4 Å². The van der Waals surface area contributed by atoms with E-state index < -0.39 is 12.0 Å². The topological polar surface area (TPSA) is 92.9 Å². The molecule has 0 radical (unpaired) electrons. The van der Waals surface area contributed by atoms with Crippen LogP contribution >= 0.6 is 0 Å². The summed E-state index contributed by atoms with van der Waals surface area (Å²) < 4.78 is 8.08. The van der Waals surface area contributed by atoms with E-state index in [1.165, 1.54) is 0 Å². The largest absolute Gasteiger partial charge is 0.487 e. The summed E-state index contributed by atoms with van der Waals surface area (Å²) in [7, 11) is 0. The number of imidazole rings is 1. The van der Waals surface area contributed by atoms with Crippen LogP contribution in [0.25, 0.3) is 5.65 Å². The third-order valence-corrected chi connectivity index (χ3v) is 6.72. The van der Waals surface area contributed by atoms with Crippen molar-refractivity contribution in [3.63, 3.8) is 0 Å². The first-order valence-electron chi connectivity index (χ1n) is 12.7. The van der Waals surface area contributed by atoms with Gasteiger partial charge in [-0.25, -0.2) is 9.78 Å². The summed E-state index contributed by atoms with van der Waals surface area (Å²) in [6, 6.07) is 26.4. The molecule has 1 atom stereocenters. The van der Waals surface area contributed by atoms with Gasteiger partial charge < -0.3 is 19.6 Å². The number of nitrogens with one attached hydrogen (secondary N) is 1. The van der Waals surface area contributed by atoms with Crippen LogP contribution in [-0.4, -0.2) is 32.3 Å². The maximum absolute atomic E-state index is 13.1. The summed E-state index contributed by atoms with van der Waals surface area (Å²) in [6.07, 6.45) is 2.21. The third-order valence-electron chi connectivity index (χ3n) is 6.72. The first-order valence-corrected chi connectivity index (χ1v) is 12.7. The van der Waals surface area contributed by atoms with E-state index in [0.717, 1.165) is 28.2 Å². The molecule has 2 heterocycles. The van der Waals surface area contributed by atoms with E-state index in [9.17, 15) is 14.7 Å². The molecule has 2 aromatic heterocycles. The van der Waals surface area contributed by atoms with Gasteiger partial charge in [-0.15, -0.1) is 0 Å². The Bertz CT molecular complexity index is 1630. The van der Waals surface area contributed by atoms with Crippen molar-refractivity contribution < 1.29 is 19.4 Å². The van der Waals surface area contributed by atoms with Gasteiger partial charge in [0.2, 0.25) is 0 Å². The standard InChI is InChI=1S/C32H29N3O4/c1-21-9-8-18-35-29(22(2)33-31(21)35)20-39-25-16-14-23(15-17-25)19-28(32(37)38)34-27-13-7-6-12-26(27)30(36)24-10-4-3-5-11-24/h3-18,28,34H,19-20H2,1-2H3,(H,37,38)/t28-/m0/s1. The molecule has 3 aromatic carbocycles. The van der Waals surface area contributed by atoms with Crippen molar-refractivity contribution in [1.82, 2.24) is 9.38 Å². The fraction of sp³-hybridized carbons (Fsp3) is 0.156. The summed E-state index contributed by atoms with van der Waals surface area (Å²) >= 11 is 0. The average molecular weight is 520 g/mol. The first-order chi connectivity index (χ1) is 18.9. The van der Waals surface area contributed by atoms with Crippen molar-refractivity contribution >= 4 is 23.1 Å². The monoisotopic (exact) mass is 519 g/mol. The van der Waals surface area contributed by atoms with Gasteiger partial charge in [-0.05, 0) is 55.3 Å². The maximum Gasteiger partial charge on any atom is 0.326 e. The van der Waals surface area contributed by atoms with E-state index in [2.05, 4.69) is 10.3 Å². The predicted octanol–water partition coefficient (Wildman–Crippen LogP) is 5.87. The second-order valence-corrected chi connectivity index (χ2v) is 9.44. The van der Waals surface area contributed by atoms with E-state index in [4.69, 9.17) is 4.74 Å². The number of carbonyl (C=O) groups is 2. The lowest BCUT2D eigenvalue weighted by molar-refractivity contribution is -0.137. The highest BCUT2D eigenvalue weighted by atomic mass is 16.5. The molecule has 2 N–H and O–H groups in total. The predicted molar refractivity (Wildman–Crippen MR) is 151 cm³/mol. The number of para-hydroxylation sites is 1. The zero-order valence-electron chi connectivity index (χ0n) is 21.8. The van der Waals surface area contributed by atoms with E-state index >= 15 is 0 Å². The molecule has 0 aliphatic carbocycles. The summed E-state index contributed by atoms with van der Waals surface area (Å²) in [6.45, 7) is 4.37. The first kappa shape index (κ1) is 25.7. The Morgan fingerprint density at radius 3 is 2.38 bits per heavy atom. The molecule has 39 heavy (non-hydrogen) atoms. The minimum absolute atomic E-state index is 0.166. The molecule has 0 bridgehead atoms. The maximum atomic E-state index is 13.1. The lowest BCUT2D eigenvalue weighted by atomic mass is 10.00. The minimum atomic E-state index is -1.00. The Morgan fingerprint density at radius 2 is 1.64 bits per heavy atom. The van der Waals surface area contributed by atoms with Crippen molar-refractivity contribution in [2.75, 3.05) is 5.32 Å². The number of hydrogen-bond acceptors (Lipinski definition) is 5. The SMILES string of the molecule is Cc1nc2c(C)cccn2c1COc1ccc(C[C@H](Nc2ccccc2C(=O)c2ccccc2)C(=O)O)cc1. The van der Waals surface area contributed by atoms with Crippen LogP contribution < -0.4 is 10.1 Å². The van der Waals surface area contributed by atoms with Crippen LogP contribution in [0.4, 0.5) is 5.69 Å². The molecule has 0 fully saturated rings. The second-order valence-electron chi connectivity index (χ2n) is 9.44. The Hall–Kier alpha value is -4.91. The van der Waals surface area contributed by atoms with Crippen LogP contribution in [0.5, 0.6) is 5.75 Å². The minimum Gasteiger partial charge on any atom is -0.487 e. The number of aryl methyl sites for hydroxylation is 2. The molecular weight excluding hydrogens is 490 g/mol. The molecule has 7 heteroatoms. The van der Waals surface area contributed by atoms with Gasteiger partial charge in [-0.1, -0.05) is 60.7 Å². The van der Waals surface area contributed by atoms with E-state index in [-0.39, 0.29) is 12.2 Å². The van der Waals surface area contributed by atoms with Crippen molar-refractivity contribution in [3.8, 4) is 5.75 Å². The van der Waals surface area contributed by atoms with Gasteiger partial charge in [0.15, 0.2) is 5.78 Å². The molecule has 0 unspecified atom stereocenters. The number of benzene rings is 3. The smallest absolute Gasteiger partial charge is 0.326 e. The molecule has 0 spiro atoms. The number of aliphatic carboxylic acids is 1. The highest BCUT2D eigenvalue weighted by molar-refractivity contribution is 6.12. The molecule has 0 amide bonds. The van der Waals surface area contributed by atoms with Crippen molar-refractivity contribution in [2.24, 2.45) is 0 Å². The Balaban J connectivity index is 1.27. The zero-order chi connectivity index (χ0) is 27.4. The lowest BCUT2D eigenvalue weighted by Gasteiger charge is -2.18. The number of ketones is 1. The molecule has 0 saturated heterocycles. The van der Waals surface area contributed by atoms with Crippen molar-refractivity contribution in [2.45, 2.75) is 32.9 Å². The quantitative estimate of drug-likeness (QED) is 0.224. The number of carboxylic acid groups (broad SMARTS) is 1. The summed E-state index contributed by atoms with van der Waals surface area (Å²) in [5, 5.41) is 13.0. The summed E-state index contributed by atoms with van der Waals surface area (Å²) in [4.78, 5) is 29.9. The number of pyridine rings is 1. The third kappa shape index (κ3) is 5.67. The number of carbonyl (C=O) groups excluding carboxylic acids is 1. The van der Waals surface area contributed by atoms with Crippen LogP contribution in [0.2, 0.25) is 0 Å².